The summed E-state index contributed by atoms with van der Waals surface area (Å²) in [5.74, 6) is 0.471. The summed E-state index contributed by atoms with van der Waals surface area (Å²) in [6.07, 6.45) is 3.35. The molecular formula is C18H25N5. The number of hydrogen-bond donors (Lipinski definition) is 2. The molecule has 5 nitrogen and oxygen atoms in total. The van der Waals surface area contributed by atoms with Gasteiger partial charge in [-0.25, -0.2) is 9.67 Å². The minimum absolute atomic E-state index is 0.0844. The summed E-state index contributed by atoms with van der Waals surface area (Å²) in [6, 6.07) is 10.3. The van der Waals surface area contributed by atoms with Crippen molar-refractivity contribution in [3.05, 3.63) is 47.3 Å². The predicted molar refractivity (Wildman–Crippen MR) is 93.8 cm³/mol. The smallest absolute Gasteiger partial charge is 0.189 e. The lowest BCUT2D eigenvalue weighted by molar-refractivity contribution is 0.508. The highest BCUT2D eigenvalue weighted by Gasteiger charge is 2.22. The van der Waals surface area contributed by atoms with Gasteiger partial charge < -0.3 is 11.1 Å². The van der Waals surface area contributed by atoms with Crippen molar-refractivity contribution in [1.29, 1.82) is 0 Å². The van der Waals surface area contributed by atoms with Gasteiger partial charge in [0.05, 0.1) is 17.9 Å². The average molecular weight is 311 g/mol. The van der Waals surface area contributed by atoms with Crippen molar-refractivity contribution in [2.45, 2.75) is 52.1 Å². The fourth-order valence-corrected chi connectivity index (χ4v) is 3.01. The van der Waals surface area contributed by atoms with Gasteiger partial charge in [0.2, 0.25) is 0 Å². The molecule has 0 bridgehead atoms. The fourth-order valence-electron chi connectivity index (χ4n) is 3.01. The van der Waals surface area contributed by atoms with Gasteiger partial charge in [-0.3, -0.25) is 0 Å². The van der Waals surface area contributed by atoms with E-state index in [1.165, 1.54) is 17.7 Å². The number of nitrogens with one attached hydrogen (secondary N) is 1. The van der Waals surface area contributed by atoms with Crippen LogP contribution in [0.1, 0.15) is 44.1 Å². The Labute approximate surface area is 137 Å². The number of guanidine groups is 1. The average Bonchev–Trinajstić information content (AvgIpc) is 3.06. The molecule has 0 aliphatic heterocycles. The van der Waals surface area contributed by atoms with Crippen molar-refractivity contribution in [3.8, 4) is 5.69 Å². The van der Waals surface area contributed by atoms with Gasteiger partial charge in [-0.1, -0.05) is 18.2 Å². The lowest BCUT2D eigenvalue weighted by Gasteiger charge is -2.20. The Hall–Kier alpha value is -2.30. The number of nitrogens with zero attached hydrogens (tertiary/aromatic N) is 3. The SMILES string of the molecule is CC(C)(C)NC(N)=NCc1nn(-c2ccccc2)c2c1CCC2. The molecule has 0 radical (unpaired) electrons. The molecule has 0 atom stereocenters. The molecule has 1 heterocycles. The zero-order chi connectivity index (χ0) is 16.4. The van der Waals surface area contributed by atoms with Gasteiger partial charge in [0.15, 0.2) is 5.96 Å². The van der Waals surface area contributed by atoms with E-state index >= 15 is 0 Å². The summed E-state index contributed by atoms with van der Waals surface area (Å²) in [4.78, 5) is 4.47. The molecule has 3 rings (SSSR count). The summed E-state index contributed by atoms with van der Waals surface area (Å²) in [5.41, 5.74) is 10.7. The molecule has 122 valence electrons. The molecule has 0 saturated carbocycles. The maximum absolute atomic E-state index is 5.98. The summed E-state index contributed by atoms with van der Waals surface area (Å²) < 4.78 is 2.07. The monoisotopic (exact) mass is 311 g/mol. The Morgan fingerprint density at radius 3 is 2.70 bits per heavy atom. The molecule has 2 aromatic rings. The van der Waals surface area contributed by atoms with Crippen LogP contribution in [0.15, 0.2) is 35.3 Å². The van der Waals surface area contributed by atoms with Crippen LogP contribution >= 0.6 is 0 Å². The van der Waals surface area contributed by atoms with Crippen LogP contribution in [0.2, 0.25) is 0 Å². The Balaban J connectivity index is 1.86. The van der Waals surface area contributed by atoms with Crippen LogP contribution < -0.4 is 11.1 Å². The quantitative estimate of drug-likeness (QED) is 0.676. The predicted octanol–water partition coefficient (Wildman–Crippen LogP) is 2.56. The molecule has 1 aromatic heterocycles. The van der Waals surface area contributed by atoms with E-state index in [1.54, 1.807) is 0 Å². The van der Waals surface area contributed by atoms with Crippen LogP contribution in [0.25, 0.3) is 5.69 Å². The van der Waals surface area contributed by atoms with E-state index in [-0.39, 0.29) is 5.54 Å². The van der Waals surface area contributed by atoms with Crippen molar-refractivity contribution >= 4 is 5.96 Å². The molecule has 3 N–H and O–H groups in total. The van der Waals surface area contributed by atoms with Crippen molar-refractivity contribution in [1.82, 2.24) is 15.1 Å². The molecule has 0 spiro atoms. The molecule has 0 saturated heterocycles. The van der Waals surface area contributed by atoms with Crippen molar-refractivity contribution in [2.24, 2.45) is 10.7 Å². The number of aromatic nitrogens is 2. The zero-order valence-corrected chi connectivity index (χ0v) is 14.1. The van der Waals surface area contributed by atoms with Gasteiger partial charge in [0.25, 0.3) is 0 Å². The first-order valence-electron chi connectivity index (χ1n) is 8.17. The number of fused-ring (bicyclic) bond motifs is 1. The summed E-state index contributed by atoms with van der Waals surface area (Å²) >= 11 is 0. The van der Waals surface area contributed by atoms with E-state index < -0.39 is 0 Å². The standard InChI is InChI=1S/C18H25N5/c1-18(2,3)21-17(19)20-12-15-14-10-7-11-16(14)23(22-15)13-8-5-4-6-9-13/h4-6,8-9H,7,10-12H2,1-3H3,(H3,19,20,21). The molecule has 1 aliphatic rings. The second kappa shape index (κ2) is 6.07. The Bertz CT molecular complexity index is 707. The molecule has 1 aliphatic carbocycles. The third-order valence-corrected chi connectivity index (χ3v) is 3.92. The molecule has 0 unspecified atom stereocenters. The Kier molecular flexibility index (Phi) is 4.11. The lowest BCUT2D eigenvalue weighted by Crippen LogP contribution is -2.45. The van der Waals surface area contributed by atoms with Crippen LogP contribution in [-0.2, 0) is 19.4 Å². The second-order valence-electron chi connectivity index (χ2n) is 7.05. The summed E-state index contributed by atoms with van der Waals surface area (Å²) in [5, 5.41) is 7.99. The molecule has 5 heteroatoms. The largest absolute Gasteiger partial charge is 0.370 e. The molecule has 0 fully saturated rings. The first-order valence-corrected chi connectivity index (χ1v) is 8.17. The van der Waals surface area contributed by atoms with Crippen LogP contribution in [-0.4, -0.2) is 21.3 Å². The van der Waals surface area contributed by atoms with E-state index in [0.717, 1.165) is 24.2 Å². The van der Waals surface area contributed by atoms with Crippen LogP contribution in [0.3, 0.4) is 0 Å². The first kappa shape index (κ1) is 15.6. The maximum Gasteiger partial charge on any atom is 0.189 e. The van der Waals surface area contributed by atoms with Crippen molar-refractivity contribution < 1.29 is 0 Å². The Morgan fingerprint density at radius 1 is 1.26 bits per heavy atom. The normalized spacial score (nSPS) is 14.8. The maximum atomic E-state index is 5.98. The highest BCUT2D eigenvalue weighted by molar-refractivity contribution is 5.78. The minimum atomic E-state index is -0.0844. The van der Waals surface area contributed by atoms with Gasteiger partial charge in [0.1, 0.15) is 0 Å². The van der Waals surface area contributed by atoms with Crippen LogP contribution in [0, 0.1) is 0 Å². The summed E-state index contributed by atoms with van der Waals surface area (Å²) in [6.45, 7) is 6.72. The molecular weight excluding hydrogens is 286 g/mol. The van der Waals surface area contributed by atoms with Gasteiger partial charge in [-0.05, 0) is 57.7 Å². The Morgan fingerprint density at radius 2 is 2.00 bits per heavy atom. The van der Waals surface area contributed by atoms with Crippen LogP contribution in [0.5, 0.6) is 0 Å². The number of hydrogen-bond acceptors (Lipinski definition) is 2. The number of aliphatic imine (C=N–C) groups is 1. The lowest BCUT2D eigenvalue weighted by atomic mass is 10.1. The van der Waals surface area contributed by atoms with Gasteiger partial charge in [-0.2, -0.15) is 5.10 Å². The van der Waals surface area contributed by atoms with Crippen molar-refractivity contribution in [2.75, 3.05) is 0 Å². The third-order valence-electron chi connectivity index (χ3n) is 3.92. The van der Waals surface area contributed by atoms with E-state index in [0.29, 0.717) is 12.5 Å². The fraction of sp³-hybridized carbons (Fsp3) is 0.444. The second-order valence-corrected chi connectivity index (χ2v) is 7.05. The number of nitrogens with two attached hydrogens (primary N) is 1. The topological polar surface area (TPSA) is 68.2 Å². The third kappa shape index (κ3) is 3.55. The minimum Gasteiger partial charge on any atom is -0.370 e. The first-order chi connectivity index (χ1) is 10.9. The number of para-hydroxylation sites is 1. The number of benzene rings is 1. The molecule has 23 heavy (non-hydrogen) atoms. The van der Waals surface area contributed by atoms with Gasteiger partial charge >= 0.3 is 0 Å². The van der Waals surface area contributed by atoms with Crippen LogP contribution in [0.4, 0.5) is 0 Å². The zero-order valence-electron chi connectivity index (χ0n) is 14.1. The highest BCUT2D eigenvalue weighted by Crippen LogP contribution is 2.28. The van der Waals surface area contributed by atoms with E-state index in [1.807, 2.05) is 18.2 Å². The molecule has 1 aromatic carbocycles. The van der Waals surface area contributed by atoms with E-state index in [2.05, 4.69) is 47.9 Å². The van der Waals surface area contributed by atoms with Crippen molar-refractivity contribution in [3.63, 3.8) is 0 Å². The van der Waals surface area contributed by atoms with Gasteiger partial charge in [-0.15, -0.1) is 0 Å². The van der Waals surface area contributed by atoms with E-state index in [9.17, 15) is 0 Å². The van der Waals surface area contributed by atoms with Gasteiger partial charge in [0, 0.05) is 11.2 Å². The number of rotatable bonds is 3. The van der Waals surface area contributed by atoms with E-state index in [4.69, 9.17) is 10.8 Å². The summed E-state index contributed by atoms with van der Waals surface area (Å²) in [7, 11) is 0. The molecule has 0 amide bonds. The highest BCUT2D eigenvalue weighted by atomic mass is 15.3.